The van der Waals surface area contributed by atoms with Crippen molar-refractivity contribution in [3.05, 3.63) is 24.3 Å². The van der Waals surface area contributed by atoms with Gasteiger partial charge in [0.2, 0.25) is 0 Å². The number of aliphatic imine (C=N–C) groups is 1. The maximum Gasteiger partial charge on any atom is 0.410 e. The number of halogens is 1. The number of rotatable bonds is 6. The number of nitrogens with two attached hydrogens (primary N) is 1. The Labute approximate surface area is 190 Å². The first-order valence-electron chi connectivity index (χ1n) is 9.58. The van der Waals surface area contributed by atoms with Gasteiger partial charge in [-0.3, -0.25) is 4.99 Å². The van der Waals surface area contributed by atoms with Crippen LogP contribution in [0, 0.1) is 0 Å². The molecule has 1 amide bonds. The number of ether oxygens (including phenoxy) is 3. The highest BCUT2D eigenvalue weighted by molar-refractivity contribution is 14.0. The minimum atomic E-state index is -0.484. The molecular weight excluding hydrogens is 487 g/mol. The average Bonchev–Trinajstić information content (AvgIpc) is 2.67. The van der Waals surface area contributed by atoms with Crippen molar-refractivity contribution < 1.29 is 19.0 Å². The molecule has 0 radical (unpaired) electrons. The normalized spacial score (nSPS) is 14.8. The summed E-state index contributed by atoms with van der Waals surface area (Å²) in [6, 6.07) is 7.48. The van der Waals surface area contributed by atoms with E-state index in [0.29, 0.717) is 45.3 Å². The van der Waals surface area contributed by atoms with Gasteiger partial charge < -0.3 is 29.7 Å². The molecule has 0 aliphatic carbocycles. The van der Waals surface area contributed by atoms with Crippen molar-refractivity contribution in [2.75, 3.05) is 46.4 Å². The smallest absolute Gasteiger partial charge is 0.410 e. The Bertz CT molecular complexity index is 653. The summed E-state index contributed by atoms with van der Waals surface area (Å²) in [5, 5.41) is 0. The molecule has 8 nitrogen and oxygen atoms in total. The quantitative estimate of drug-likeness (QED) is 0.269. The van der Waals surface area contributed by atoms with Crippen LogP contribution in [-0.4, -0.2) is 73.9 Å². The minimum absolute atomic E-state index is 0. The molecule has 2 rings (SSSR count). The highest BCUT2D eigenvalue weighted by Gasteiger charge is 2.26. The molecule has 0 atom stereocenters. The molecule has 0 saturated carbocycles. The summed E-state index contributed by atoms with van der Waals surface area (Å²) in [4.78, 5) is 20.2. The van der Waals surface area contributed by atoms with E-state index in [0.717, 1.165) is 17.9 Å². The van der Waals surface area contributed by atoms with Crippen LogP contribution in [0.5, 0.6) is 11.5 Å². The minimum Gasteiger partial charge on any atom is -0.497 e. The number of amides is 1. The highest BCUT2D eigenvalue weighted by atomic mass is 127. The van der Waals surface area contributed by atoms with Crippen LogP contribution in [0.3, 0.4) is 0 Å². The van der Waals surface area contributed by atoms with Crippen molar-refractivity contribution in [1.82, 2.24) is 9.80 Å². The van der Waals surface area contributed by atoms with E-state index < -0.39 is 5.60 Å². The number of piperazine rings is 1. The fraction of sp³-hybridized carbons (Fsp3) is 0.600. The van der Waals surface area contributed by atoms with E-state index in [4.69, 9.17) is 19.9 Å². The van der Waals surface area contributed by atoms with Crippen molar-refractivity contribution >= 4 is 36.0 Å². The fourth-order valence-corrected chi connectivity index (χ4v) is 2.66. The summed E-state index contributed by atoms with van der Waals surface area (Å²) in [6.07, 6.45) is 0.489. The Hall–Kier alpha value is -1.91. The molecule has 1 fully saturated rings. The summed E-state index contributed by atoms with van der Waals surface area (Å²) in [7, 11) is 1.63. The topological polar surface area (TPSA) is 89.6 Å². The van der Waals surface area contributed by atoms with Crippen LogP contribution >= 0.6 is 24.0 Å². The number of carbonyl (C=O) groups is 1. The largest absolute Gasteiger partial charge is 0.497 e. The third-order valence-corrected chi connectivity index (χ3v) is 4.16. The lowest BCUT2D eigenvalue weighted by Gasteiger charge is -2.36. The average molecular weight is 520 g/mol. The number of benzene rings is 1. The zero-order chi connectivity index (χ0) is 20.6. The Balaban J connectivity index is 0.00000420. The maximum absolute atomic E-state index is 12.1. The van der Waals surface area contributed by atoms with Crippen molar-refractivity contribution in [2.45, 2.75) is 32.8 Å². The van der Waals surface area contributed by atoms with E-state index in [-0.39, 0.29) is 30.1 Å². The number of hydrogen-bond acceptors (Lipinski definition) is 5. The molecular formula is C20H33IN4O4. The first kappa shape index (κ1) is 25.1. The second-order valence-corrected chi connectivity index (χ2v) is 7.57. The predicted octanol–water partition coefficient (Wildman–Crippen LogP) is 2.95. The number of carbonyl (C=O) groups excluding carboxylic acids is 1. The zero-order valence-electron chi connectivity index (χ0n) is 17.7. The van der Waals surface area contributed by atoms with E-state index >= 15 is 0 Å². The fourth-order valence-electron chi connectivity index (χ4n) is 2.66. The van der Waals surface area contributed by atoms with Gasteiger partial charge >= 0.3 is 6.09 Å². The van der Waals surface area contributed by atoms with E-state index in [1.807, 2.05) is 49.9 Å². The molecule has 2 N–H and O–H groups in total. The van der Waals surface area contributed by atoms with Gasteiger partial charge in [0.1, 0.15) is 17.1 Å². The van der Waals surface area contributed by atoms with E-state index in [9.17, 15) is 4.79 Å². The van der Waals surface area contributed by atoms with Crippen molar-refractivity contribution in [3.63, 3.8) is 0 Å². The lowest BCUT2D eigenvalue weighted by Crippen LogP contribution is -2.53. The molecule has 1 aliphatic heterocycles. The molecule has 1 aromatic rings. The second-order valence-electron chi connectivity index (χ2n) is 7.57. The van der Waals surface area contributed by atoms with Crippen LogP contribution in [0.4, 0.5) is 4.79 Å². The van der Waals surface area contributed by atoms with Crippen LogP contribution in [-0.2, 0) is 4.74 Å². The first-order valence-corrected chi connectivity index (χ1v) is 9.58. The summed E-state index contributed by atoms with van der Waals surface area (Å²) in [5.41, 5.74) is 5.60. The monoisotopic (exact) mass is 520 g/mol. The molecule has 9 heteroatoms. The van der Waals surface area contributed by atoms with Crippen LogP contribution in [0.15, 0.2) is 29.3 Å². The molecule has 164 valence electrons. The summed E-state index contributed by atoms with van der Waals surface area (Å²) < 4.78 is 16.2. The zero-order valence-corrected chi connectivity index (χ0v) is 20.0. The number of methoxy groups -OCH3 is 1. The van der Waals surface area contributed by atoms with Gasteiger partial charge in [0.05, 0.1) is 13.7 Å². The van der Waals surface area contributed by atoms with Crippen LogP contribution in [0.1, 0.15) is 27.2 Å². The predicted molar refractivity (Wildman–Crippen MR) is 124 cm³/mol. The van der Waals surface area contributed by atoms with Crippen molar-refractivity contribution in [3.8, 4) is 11.5 Å². The van der Waals surface area contributed by atoms with Crippen molar-refractivity contribution in [1.29, 1.82) is 0 Å². The molecule has 0 unspecified atom stereocenters. The van der Waals surface area contributed by atoms with Gasteiger partial charge in [-0.05, 0) is 45.0 Å². The van der Waals surface area contributed by atoms with Crippen LogP contribution in [0.2, 0.25) is 0 Å². The van der Waals surface area contributed by atoms with Crippen LogP contribution in [0.25, 0.3) is 0 Å². The van der Waals surface area contributed by atoms with Gasteiger partial charge in [0, 0.05) is 39.1 Å². The van der Waals surface area contributed by atoms with Gasteiger partial charge in [-0.25, -0.2) is 4.79 Å². The summed E-state index contributed by atoms with van der Waals surface area (Å²) >= 11 is 0. The maximum atomic E-state index is 12.1. The molecule has 0 aromatic heterocycles. The van der Waals surface area contributed by atoms with Gasteiger partial charge in [0.25, 0.3) is 0 Å². The van der Waals surface area contributed by atoms with E-state index in [1.165, 1.54) is 0 Å². The lowest BCUT2D eigenvalue weighted by molar-refractivity contribution is 0.0186. The Morgan fingerprint density at radius 1 is 1.07 bits per heavy atom. The van der Waals surface area contributed by atoms with E-state index in [1.54, 1.807) is 12.0 Å². The molecule has 1 aromatic carbocycles. The standard InChI is InChI=1S/C20H32N4O4.HI/c1-20(2,3)28-19(25)24-13-11-23(12-14-24)18(21)22-10-5-15-27-17-8-6-16(26-4)7-9-17;/h6-9H,5,10-15H2,1-4H3,(H2,21,22);1H. The number of guanidine groups is 1. The molecule has 29 heavy (non-hydrogen) atoms. The molecule has 1 aliphatic rings. The second kappa shape index (κ2) is 11.9. The first-order chi connectivity index (χ1) is 13.3. The molecule has 0 spiro atoms. The van der Waals surface area contributed by atoms with Gasteiger partial charge in [0.15, 0.2) is 5.96 Å². The van der Waals surface area contributed by atoms with Crippen molar-refractivity contribution in [2.24, 2.45) is 10.7 Å². The van der Waals surface area contributed by atoms with Gasteiger partial charge in [-0.2, -0.15) is 0 Å². The summed E-state index contributed by atoms with van der Waals surface area (Å²) in [5.74, 6) is 2.11. The summed E-state index contributed by atoms with van der Waals surface area (Å²) in [6.45, 7) is 9.20. The number of nitrogens with zero attached hydrogens (tertiary/aromatic N) is 3. The Kier molecular flexibility index (Phi) is 10.3. The highest BCUT2D eigenvalue weighted by Crippen LogP contribution is 2.17. The molecule has 1 saturated heterocycles. The number of hydrogen-bond donors (Lipinski definition) is 1. The third kappa shape index (κ3) is 8.97. The van der Waals surface area contributed by atoms with Crippen LogP contribution < -0.4 is 15.2 Å². The molecule has 0 bridgehead atoms. The SMILES string of the molecule is COc1ccc(OCCCN=C(N)N2CCN(C(=O)OC(C)(C)C)CC2)cc1.I. The Morgan fingerprint density at radius 2 is 1.62 bits per heavy atom. The van der Waals surface area contributed by atoms with Gasteiger partial charge in [-0.1, -0.05) is 0 Å². The van der Waals surface area contributed by atoms with Gasteiger partial charge in [-0.15, -0.1) is 24.0 Å². The lowest BCUT2D eigenvalue weighted by atomic mass is 10.2. The Morgan fingerprint density at radius 3 is 2.17 bits per heavy atom. The van der Waals surface area contributed by atoms with E-state index in [2.05, 4.69) is 4.99 Å². The third-order valence-electron chi connectivity index (χ3n) is 4.16. The molecule has 1 heterocycles.